The highest BCUT2D eigenvalue weighted by atomic mass is 79.9. The van der Waals surface area contributed by atoms with Gasteiger partial charge in [-0.25, -0.2) is 0 Å². The number of halogens is 1. The van der Waals surface area contributed by atoms with Crippen LogP contribution in [0, 0.1) is 6.92 Å². The van der Waals surface area contributed by atoms with Gasteiger partial charge >= 0.3 is 11.4 Å². The molecule has 1 aromatic carbocycles. The van der Waals surface area contributed by atoms with Gasteiger partial charge in [0.1, 0.15) is 0 Å². The van der Waals surface area contributed by atoms with Crippen molar-refractivity contribution in [3.63, 3.8) is 0 Å². The molecule has 21 heavy (non-hydrogen) atoms. The maximum absolute atomic E-state index is 12.4. The summed E-state index contributed by atoms with van der Waals surface area (Å²) >= 11 is 4.85. The number of nitrogens with zero attached hydrogens (tertiary/aromatic N) is 3. The molecule has 0 fully saturated rings. The number of H-pyrrole nitrogens is 1. The molecule has 3 rings (SSSR count). The van der Waals surface area contributed by atoms with Crippen LogP contribution in [0.15, 0.2) is 45.3 Å². The van der Waals surface area contributed by atoms with Gasteiger partial charge in [0, 0.05) is 17.1 Å². The number of benzene rings is 1. The Morgan fingerprint density at radius 3 is 3.10 bits per heavy atom. The lowest BCUT2D eigenvalue weighted by molar-refractivity contribution is -0.596. The Bertz CT molecular complexity index is 922. The Hall–Kier alpha value is -1.73. The zero-order valence-corrected chi connectivity index (χ0v) is 13.7. The molecule has 106 valence electrons. The number of nitrogens with one attached hydrogen (secondary N) is 1. The Balaban J connectivity index is 2.39. The zero-order valence-electron chi connectivity index (χ0n) is 11.3. The molecule has 2 heterocycles. The maximum atomic E-state index is 12.4. The van der Waals surface area contributed by atoms with Gasteiger partial charge in [-0.3, -0.25) is 9.78 Å². The third kappa shape index (κ3) is 2.58. The fourth-order valence-corrected chi connectivity index (χ4v) is 3.05. The van der Waals surface area contributed by atoms with E-state index in [4.69, 9.17) is 0 Å². The van der Waals surface area contributed by atoms with E-state index in [1.54, 1.807) is 10.6 Å². The first-order chi connectivity index (χ1) is 10.1. The monoisotopic (exact) mass is 363 g/mol. The largest absolute Gasteiger partial charge is 0.321 e. The number of hydrogen-bond acceptors (Lipinski definition) is 4. The minimum absolute atomic E-state index is 0.176. The molecule has 0 unspecified atom stereocenters. The lowest BCUT2D eigenvalue weighted by atomic mass is 10.2. The smallest absolute Gasteiger partial charge is 0.295 e. The second-order valence-electron chi connectivity index (χ2n) is 4.44. The molecule has 2 aromatic heterocycles. The summed E-state index contributed by atoms with van der Waals surface area (Å²) in [7, 11) is 0. The van der Waals surface area contributed by atoms with Crippen molar-refractivity contribution in [2.45, 2.75) is 12.1 Å². The molecule has 1 N–H and O–H groups in total. The first kappa shape index (κ1) is 14.2. The van der Waals surface area contributed by atoms with E-state index in [0.29, 0.717) is 22.3 Å². The molecule has 0 aliphatic heterocycles. The van der Waals surface area contributed by atoms with Gasteiger partial charge in [-0.05, 0) is 23.2 Å². The predicted molar refractivity (Wildman–Crippen MR) is 86.7 cm³/mol. The Kier molecular flexibility index (Phi) is 3.77. The average molecular weight is 364 g/mol. The number of aromatic amines is 1. The second-order valence-corrected chi connectivity index (χ2v) is 6.36. The summed E-state index contributed by atoms with van der Waals surface area (Å²) < 4.78 is 2.49. The van der Waals surface area contributed by atoms with E-state index in [9.17, 15) is 4.79 Å². The highest BCUT2D eigenvalue weighted by Crippen LogP contribution is 2.19. The summed E-state index contributed by atoms with van der Waals surface area (Å²) in [6, 6.07) is 5.66. The van der Waals surface area contributed by atoms with Crippen LogP contribution in [0.3, 0.4) is 0 Å². The highest BCUT2D eigenvalue weighted by molar-refractivity contribution is 9.10. The molecule has 0 amide bonds. The third-order valence-electron chi connectivity index (χ3n) is 2.98. The quantitative estimate of drug-likeness (QED) is 0.336. The average Bonchev–Trinajstić information content (AvgIpc) is 2.46. The van der Waals surface area contributed by atoms with Crippen LogP contribution in [-0.2, 0) is 0 Å². The normalized spacial score (nSPS) is 11.1. The van der Waals surface area contributed by atoms with Crippen molar-refractivity contribution >= 4 is 44.1 Å². The lowest BCUT2D eigenvalue weighted by Gasteiger charge is -2.01. The molecule has 0 saturated heterocycles. The molecular weight excluding hydrogens is 352 g/mol. The Labute approximate surface area is 133 Å². The summed E-state index contributed by atoms with van der Waals surface area (Å²) in [6.07, 6.45) is 1.77. The van der Waals surface area contributed by atoms with Crippen molar-refractivity contribution in [3.05, 3.63) is 51.5 Å². The van der Waals surface area contributed by atoms with Crippen molar-refractivity contribution in [2.24, 2.45) is 0 Å². The topological polar surface area (TPSA) is 62.7 Å². The van der Waals surface area contributed by atoms with Crippen LogP contribution >= 0.6 is 27.7 Å². The van der Waals surface area contributed by atoms with Crippen molar-refractivity contribution in [1.82, 2.24) is 15.1 Å². The summed E-state index contributed by atoms with van der Waals surface area (Å²) in [5.74, 6) is 1.35. The van der Waals surface area contributed by atoms with E-state index in [1.165, 1.54) is 11.8 Å². The molecule has 0 atom stereocenters. The molecule has 5 nitrogen and oxygen atoms in total. The summed E-state index contributed by atoms with van der Waals surface area (Å²) in [6.45, 7) is 5.50. The summed E-state index contributed by atoms with van der Waals surface area (Å²) in [5, 5.41) is 5.77. The second kappa shape index (κ2) is 5.57. The molecule has 0 aliphatic carbocycles. The van der Waals surface area contributed by atoms with Gasteiger partial charge < -0.3 is 0 Å². The van der Waals surface area contributed by atoms with Gasteiger partial charge in [-0.2, -0.15) is 0 Å². The number of thioether (sulfide) groups is 1. The van der Waals surface area contributed by atoms with E-state index < -0.39 is 0 Å². The van der Waals surface area contributed by atoms with Crippen LogP contribution in [0.5, 0.6) is 0 Å². The van der Waals surface area contributed by atoms with Crippen molar-refractivity contribution < 1.29 is 4.52 Å². The predicted octanol–water partition coefficient (Wildman–Crippen LogP) is 2.41. The number of hydrogen-bond donors (Lipinski definition) is 1. The number of aromatic nitrogens is 4. The van der Waals surface area contributed by atoms with E-state index in [0.717, 1.165) is 15.4 Å². The summed E-state index contributed by atoms with van der Waals surface area (Å²) in [5.41, 5.74) is 1.10. The van der Waals surface area contributed by atoms with E-state index in [2.05, 4.69) is 37.6 Å². The van der Waals surface area contributed by atoms with Crippen LogP contribution < -0.4 is 10.1 Å². The van der Waals surface area contributed by atoms with Crippen LogP contribution in [0.25, 0.3) is 16.4 Å². The molecule has 0 bridgehead atoms. The van der Waals surface area contributed by atoms with Crippen molar-refractivity contribution in [2.75, 3.05) is 5.75 Å². The minimum Gasteiger partial charge on any atom is -0.295 e. The minimum atomic E-state index is -0.176. The van der Waals surface area contributed by atoms with Crippen LogP contribution in [0.2, 0.25) is 0 Å². The van der Waals surface area contributed by atoms with E-state index in [1.807, 2.05) is 25.1 Å². The molecule has 7 heteroatoms. The molecule has 0 radical (unpaired) electrons. The fourth-order valence-electron chi connectivity index (χ4n) is 2.11. The fraction of sp³-hybridized carbons (Fsp3) is 0.143. The first-order valence-electron chi connectivity index (χ1n) is 6.26. The third-order valence-corrected chi connectivity index (χ3v) is 4.33. The van der Waals surface area contributed by atoms with Crippen molar-refractivity contribution in [3.8, 4) is 0 Å². The number of aryl methyl sites for hydroxylation is 1. The van der Waals surface area contributed by atoms with Crippen molar-refractivity contribution in [1.29, 1.82) is 0 Å². The van der Waals surface area contributed by atoms with Gasteiger partial charge in [0.25, 0.3) is 0 Å². The van der Waals surface area contributed by atoms with Gasteiger partial charge in [0.05, 0.1) is 5.39 Å². The lowest BCUT2D eigenvalue weighted by Crippen LogP contribution is -2.38. The van der Waals surface area contributed by atoms with Crippen LogP contribution in [-0.4, -0.2) is 20.8 Å². The van der Waals surface area contributed by atoms with E-state index in [-0.39, 0.29) is 5.56 Å². The molecule has 0 saturated carbocycles. The van der Waals surface area contributed by atoms with Gasteiger partial charge in [0.2, 0.25) is 10.7 Å². The summed E-state index contributed by atoms with van der Waals surface area (Å²) in [4.78, 5) is 19.8. The van der Waals surface area contributed by atoms with Crippen LogP contribution in [0.1, 0.15) is 5.82 Å². The van der Waals surface area contributed by atoms with Crippen LogP contribution in [0.4, 0.5) is 0 Å². The highest BCUT2D eigenvalue weighted by Gasteiger charge is 2.19. The number of fused-ring (bicyclic) bond motifs is 3. The Morgan fingerprint density at radius 2 is 2.33 bits per heavy atom. The van der Waals surface area contributed by atoms with Gasteiger partial charge in [0.15, 0.2) is 5.52 Å². The zero-order chi connectivity index (χ0) is 15.0. The maximum Gasteiger partial charge on any atom is 0.321 e. The Morgan fingerprint density at radius 1 is 1.52 bits per heavy atom. The molecule has 0 spiro atoms. The van der Waals surface area contributed by atoms with Gasteiger partial charge in [-0.15, -0.1) is 6.58 Å². The van der Waals surface area contributed by atoms with Gasteiger partial charge in [-0.1, -0.05) is 43.4 Å². The molecule has 0 aliphatic rings. The standard InChI is InChI=1S/C14H11BrN4OS/c1-3-6-21-14-17-13(20)12-10-7-9(15)4-5-11(10)16-8(2)19(12)18-14/h3-5,7H,1,6H2,2H3/p+1. The molecular formula is C14H12BrN4OS+. The first-order valence-corrected chi connectivity index (χ1v) is 8.04. The SMILES string of the molecule is C=CCSc1n[n+]2c(C)nc3ccc(Br)cc3c2c(=O)[nH]1. The number of rotatable bonds is 3. The van der Waals surface area contributed by atoms with E-state index >= 15 is 0 Å². The molecule has 3 aromatic rings.